The molecule has 1 amide bonds. The maximum atomic E-state index is 13.0. The molecule has 1 fully saturated rings. The van der Waals surface area contributed by atoms with E-state index in [9.17, 15) is 9.59 Å². The fraction of sp³-hybridized carbons (Fsp3) is 0.500. The van der Waals surface area contributed by atoms with E-state index in [0.29, 0.717) is 34.2 Å². The molecule has 2 aromatic rings. The molecule has 2 heterocycles. The predicted octanol–water partition coefficient (Wildman–Crippen LogP) is 2.80. The quantitative estimate of drug-likeness (QED) is 0.575. The highest BCUT2D eigenvalue weighted by Crippen LogP contribution is 2.26. The largest absolute Gasteiger partial charge is 0.376 e. The van der Waals surface area contributed by atoms with E-state index in [4.69, 9.17) is 16.3 Å². The number of halogens is 1. The lowest BCUT2D eigenvalue weighted by Gasteiger charge is -2.20. The first-order valence-electron chi connectivity index (χ1n) is 8.56. The van der Waals surface area contributed by atoms with E-state index in [1.807, 2.05) is 6.92 Å². The molecule has 1 saturated heterocycles. The van der Waals surface area contributed by atoms with Crippen molar-refractivity contribution in [3.63, 3.8) is 0 Å². The first-order chi connectivity index (χ1) is 12.4. The van der Waals surface area contributed by atoms with Crippen molar-refractivity contribution in [2.75, 3.05) is 20.7 Å². The zero-order chi connectivity index (χ0) is 18.8. The Balaban J connectivity index is 2.04. The van der Waals surface area contributed by atoms with Gasteiger partial charge in [0.2, 0.25) is 5.91 Å². The summed E-state index contributed by atoms with van der Waals surface area (Å²) in [5.41, 5.74) is 0.410. The second-order valence-corrected chi connectivity index (χ2v) is 8.34. The number of ether oxygens (including phenoxy) is 1. The second-order valence-electron chi connectivity index (χ2n) is 6.60. The van der Waals surface area contributed by atoms with Gasteiger partial charge in [-0.1, -0.05) is 23.4 Å². The van der Waals surface area contributed by atoms with Gasteiger partial charge in [0.1, 0.15) is 0 Å². The van der Waals surface area contributed by atoms with Crippen LogP contribution in [0.5, 0.6) is 0 Å². The van der Waals surface area contributed by atoms with Crippen molar-refractivity contribution in [1.29, 1.82) is 0 Å². The van der Waals surface area contributed by atoms with Crippen molar-refractivity contribution in [3.05, 3.63) is 33.6 Å². The molecule has 1 aliphatic rings. The Morgan fingerprint density at radius 1 is 1.50 bits per heavy atom. The van der Waals surface area contributed by atoms with Gasteiger partial charge in [0.05, 0.1) is 28.8 Å². The molecule has 26 heavy (non-hydrogen) atoms. The van der Waals surface area contributed by atoms with Crippen LogP contribution in [0, 0.1) is 0 Å². The van der Waals surface area contributed by atoms with E-state index >= 15 is 0 Å². The first-order valence-corrected chi connectivity index (χ1v) is 9.82. The lowest BCUT2D eigenvalue weighted by atomic mass is 10.2. The number of thioether (sulfide) groups is 1. The molecule has 0 aliphatic carbocycles. The zero-order valence-electron chi connectivity index (χ0n) is 15.1. The van der Waals surface area contributed by atoms with Gasteiger partial charge in [-0.05, 0) is 38.0 Å². The number of carbonyl (C=O) groups excluding carboxylic acids is 1. The normalized spacial score (nSPS) is 18.2. The molecule has 140 valence electrons. The van der Waals surface area contributed by atoms with Crippen LogP contribution in [0.4, 0.5) is 0 Å². The van der Waals surface area contributed by atoms with E-state index in [1.54, 1.807) is 36.9 Å². The van der Waals surface area contributed by atoms with Gasteiger partial charge < -0.3 is 9.64 Å². The summed E-state index contributed by atoms with van der Waals surface area (Å²) in [4.78, 5) is 31.5. The number of fused-ring (bicyclic) bond motifs is 1. The standard InChI is InChI=1S/C18H22ClN3O3S/c1-11(16(23)21(2)3)26-18-20-15-9-12(19)6-7-14(15)17(24)22(18)10-13-5-4-8-25-13/h6-7,9,11,13H,4-5,8,10H2,1-3H3/t11-,13+/m1/s1. The van der Waals surface area contributed by atoms with Gasteiger partial charge >= 0.3 is 0 Å². The van der Waals surface area contributed by atoms with Crippen LogP contribution in [0.2, 0.25) is 5.02 Å². The molecule has 2 atom stereocenters. The maximum absolute atomic E-state index is 13.0. The number of rotatable bonds is 5. The van der Waals surface area contributed by atoms with Crippen LogP contribution in [0.1, 0.15) is 19.8 Å². The molecule has 1 aromatic heterocycles. The van der Waals surface area contributed by atoms with Crippen molar-refractivity contribution in [3.8, 4) is 0 Å². The fourth-order valence-electron chi connectivity index (χ4n) is 2.99. The third-order valence-corrected chi connectivity index (χ3v) is 5.68. The third kappa shape index (κ3) is 4.05. The topological polar surface area (TPSA) is 64.4 Å². The first kappa shape index (κ1) is 19.2. The molecule has 0 N–H and O–H groups in total. The highest BCUT2D eigenvalue weighted by atomic mass is 35.5. The molecule has 0 saturated carbocycles. The van der Waals surface area contributed by atoms with E-state index in [-0.39, 0.29) is 22.8 Å². The van der Waals surface area contributed by atoms with Crippen molar-refractivity contribution in [2.24, 2.45) is 0 Å². The summed E-state index contributed by atoms with van der Waals surface area (Å²) in [5, 5.41) is 1.20. The Labute approximate surface area is 161 Å². The summed E-state index contributed by atoms with van der Waals surface area (Å²) < 4.78 is 7.33. The van der Waals surface area contributed by atoms with Gasteiger partial charge in [-0.15, -0.1) is 0 Å². The van der Waals surface area contributed by atoms with Gasteiger partial charge in [0.15, 0.2) is 5.16 Å². The number of benzene rings is 1. The van der Waals surface area contributed by atoms with Crippen LogP contribution in [-0.2, 0) is 16.1 Å². The number of aromatic nitrogens is 2. The molecule has 1 aromatic carbocycles. The molecule has 8 heteroatoms. The summed E-state index contributed by atoms with van der Waals surface area (Å²) in [6, 6.07) is 5.06. The lowest BCUT2D eigenvalue weighted by molar-refractivity contribution is -0.127. The monoisotopic (exact) mass is 395 g/mol. The average molecular weight is 396 g/mol. The number of carbonyl (C=O) groups is 1. The molecular formula is C18H22ClN3O3S. The minimum absolute atomic E-state index is 0.00143. The predicted molar refractivity (Wildman–Crippen MR) is 104 cm³/mol. The Morgan fingerprint density at radius 2 is 2.27 bits per heavy atom. The minimum Gasteiger partial charge on any atom is -0.376 e. The van der Waals surface area contributed by atoms with E-state index in [0.717, 1.165) is 12.8 Å². The second kappa shape index (κ2) is 7.98. The molecule has 6 nitrogen and oxygen atoms in total. The summed E-state index contributed by atoms with van der Waals surface area (Å²) >= 11 is 7.35. The zero-order valence-corrected chi connectivity index (χ0v) is 16.6. The number of hydrogen-bond acceptors (Lipinski definition) is 5. The lowest BCUT2D eigenvalue weighted by Crippen LogP contribution is -2.32. The summed E-state index contributed by atoms with van der Waals surface area (Å²) in [5.74, 6) is -0.0286. The molecule has 0 spiro atoms. The van der Waals surface area contributed by atoms with Crippen LogP contribution in [0.25, 0.3) is 10.9 Å². The third-order valence-electron chi connectivity index (χ3n) is 4.36. The van der Waals surface area contributed by atoms with Crippen molar-refractivity contribution in [2.45, 2.75) is 42.8 Å². The number of nitrogens with zero attached hydrogens (tertiary/aromatic N) is 3. The van der Waals surface area contributed by atoms with Crippen LogP contribution in [0.3, 0.4) is 0 Å². The number of amides is 1. The maximum Gasteiger partial charge on any atom is 0.262 e. The Morgan fingerprint density at radius 3 is 2.92 bits per heavy atom. The molecular weight excluding hydrogens is 374 g/mol. The van der Waals surface area contributed by atoms with Gasteiger partial charge in [0.25, 0.3) is 5.56 Å². The Bertz CT molecular complexity index is 878. The van der Waals surface area contributed by atoms with Crippen LogP contribution >= 0.6 is 23.4 Å². The Hall–Kier alpha value is -1.57. The number of hydrogen-bond donors (Lipinski definition) is 0. The van der Waals surface area contributed by atoms with E-state index < -0.39 is 0 Å². The Kier molecular flexibility index (Phi) is 5.89. The van der Waals surface area contributed by atoms with Gasteiger partial charge in [-0.25, -0.2) is 4.98 Å². The van der Waals surface area contributed by atoms with Crippen molar-refractivity contribution < 1.29 is 9.53 Å². The van der Waals surface area contributed by atoms with Crippen LogP contribution in [0.15, 0.2) is 28.2 Å². The molecule has 0 bridgehead atoms. The van der Waals surface area contributed by atoms with Crippen molar-refractivity contribution >= 4 is 40.2 Å². The average Bonchev–Trinajstić information content (AvgIpc) is 3.10. The van der Waals surface area contributed by atoms with Gasteiger partial charge in [-0.2, -0.15) is 0 Å². The SMILES string of the molecule is C[C@@H](Sc1nc2cc(Cl)ccc2c(=O)n1C[C@@H]1CCCO1)C(=O)N(C)C. The van der Waals surface area contributed by atoms with E-state index in [2.05, 4.69) is 4.98 Å². The minimum atomic E-state index is -0.357. The molecule has 0 unspecified atom stereocenters. The highest BCUT2D eigenvalue weighted by molar-refractivity contribution is 8.00. The molecule has 1 aliphatic heterocycles. The molecule has 3 rings (SSSR count). The van der Waals surface area contributed by atoms with Gasteiger partial charge in [0, 0.05) is 25.7 Å². The smallest absolute Gasteiger partial charge is 0.262 e. The fourth-order valence-corrected chi connectivity index (χ4v) is 4.22. The van der Waals surface area contributed by atoms with Gasteiger partial charge in [-0.3, -0.25) is 14.2 Å². The summed E-state index contributed by atoms with van der Waals surface area (Å²) in [6.45, 7) is 2.97. The summed E-state index contributed by atoms with van der Waals surface area (Å²) in [6.07, 6.45) is 1.91. The van der Waals surface area contributed by atoms with Crippen LogP contribution in [-0.4, -0.2) is 52.4 Å². The van der Waals surface area contributed by atoms with Crippen LogP contribution < -0.4 is 5.56 Å². The summed E-state index contributed by atoms with van der Waals surface area (Å²) in [7, 11) is 3.43. The molecule has 0 radical (unpaired) electrons. The van der Waals surface area contributed by atoms with E-state index in [1.165, 1.54) is 16.7 Å². The van der Waals surface area contributed by atoms with Crippen molar-refractivity contribution in [1.82, 2.24) is 14.5 Å². The highest BCUT2D eigenvalue weighted by Gasteiger charge is 2.23.